The van der Waals surface area contributed by atoms with Crippen molar-refractivity contribution in [3.8, 4) is 5.75 Å². The first kappa shape index (κ1) is 27.6. The Morgan fingerprint density at radius 3 is 1.98 bits per heavy atom. The van der Waals surface area contributed by atoms with Crippen molar-refractivity contribution >= 4 is 52.7 Å². The Morgan fingerprint density at radius 2 is 1.38 bits per heavy atom. The predicted molar refractivity (Wildman–Crippen MR) is 147 cm³/mol. The Labute approximate surface area is 240 Å². The minimum absolute atomic E-state index is 0.0702. The molecule has 1 heterocycles. The van der Waals surface area contributed by atoms with Crippen LogP contribution in [0.25, 0.3) is 0 Å². The van der Waals surface area contributed by atoms with E-state index in [4.69, 9.17) is 27.9 Å². The summed E-state index contributed by atoms with van der Waals surface area (Å²) in [5.41, 5.74) is 0.642. The van der Waals surface area contributed by atoms with Crippen molar-refractivity contribution < 1.29 is 28.7 Å². The molecule has 1 aliphatic heterocycles. The normalized spacial score (nSPS) is 18.3. The molecule has 1 saturated heterocycles. The minimum Gasteiger partial charge on any atom is -0.423 e. The van der Waals surface area contributed by atoms with E-state index in [1.54, 1.807) is 30.3 Å². The SMILES string of the molecule is O=C(CN(C(=O)c1ccc(Cl)c(Cl)c1)N1C(=O)[C@H]2CCCC[C@H]2C1=O)c1ccc(OC(=O)c2ccccc2)cc1. The van der Waals surface area contributed by atoms with Crippen molar-refractivity contribution in [2.75, 3.05) is 6.54 Å². The van der Waals surface area contributed by atoms with Crippen molar-refractivity contribution in [2.24, 2.45) is 11.8 Å². The Balaban J connectivity index is 1.39. The summed E-state index contributed by atoms with van der Waals surface area (Å²) in [6.45, 7) is -0.570. The van der Waals surface area contributed by atoms with Crippen molar-refractivity contribution in [3.05, 3.63) is 99.5 Å². The molecule has 0 bridgehead atoms. The number of ether oxygens (including phenoxy) is 1. The van der Waals surface area contributed by atoms with Gasteiger partial charge in [-0.05, 0) is 67.4 Å². The van der Waals surface area contributed by atoms with Gasteiger partial charge in [0.2, 0.25) is 0 Å². The van der Waals surface area contributed by atoms with Gasteiger partial charge in [-0.15, -0.1) is 0 Å². The highest BCUT2D eigenvalue weighted by Crippen LogP contribution is 2.39. The zero-order chi connectivity index (χ0) is 28.4. The number of nitrogens with zero attached hydrogens (tertiary/aromatic N) is 2. The first-order chi connectivity index (χ1) is 19.2. The second-order valence-corrected chi connectivity index (χ2v) is 10.5. The average Bonchev–Trinajstić information content (AvgIpc) is 3.23. The number of rotatable bonds is 7. The molecule has 10 heteroatoms. The van der Waals surface area contributed by atoms with Crippen LogP contribution in [0.15, 0.2) is 72.8 Å². The van der Waals surface area contributed by atoms with E-state index in [1.807, 2.05) is 0 Å². The number of benzene rings is 3. The fraction of sp³-hybridized carbons (Fsp3) is 0.233. The van der Waals surface area contributed by atoms with Crippen LogP contribution in [0.4, 0.5) is 0 Å². The zero-order valence-corrected chi connectivity index (χ0v) is 22.7. The molecule has 2 atom stereocenters. The highest BCUT2D eigenvalue weighted by Gasteiger charge is 2.51. The van der Waals surface area contributed by atoms with Crippen LogP contribution in [0.2, 0.25) is 10.0 Å². The molecule has 3 aromatic rings. The molecule has 8 nitrogen and oxygen atoms in total. The molecule has 0 spiro atoms. The van der Waals surface area contributed by atoms with Gasteiger partial charge in [0.15, 0.2) is 5.78 Å². The van der Waals surface area contributed by atoms with E-state index < -0.39 is 47.9 Å². The fourth-order valence-corrected chi connectivity index (χ4v) is 5.37. The molecule has 40 heavy (non-hydrogen) atoms. The van der Waals surface area contributed by atoms with E-state index in [-0.39, 0.29) is 26.9 Å². The molecule has 1 aliphatic carbocycles. The molecule has 0 unspecified atom stereocenters. The highest BCUT2D eigenvalue weighted by molar-refractivity contribution is 6.42. The number of carbonyl (C=O) groups excluding carboxylic acids is 5. The summed E-state index contributed by atoms with van der Waals surface area (Å²) in [6.07, 6.45) is 2.74. The van der Waals surface area contributed by atoms with E-state index in [1.165, 1.54) is 42.5 Å². The summed E-state index contributed by atoms with van der Waals surface area (Å²) in [7, 11) is 0. The standard InChI is InChI=1S/C30H24Cl2N2O6/c31-24-15-12-20(16-25(24)32)27(36)33(34-28(37)22-8-4-5-9-23(22)29(34)38)17-26(35)18-10-13-21(14-11-18)40-30(39)19-6-2-1-3-7-19/h1-3,6-7,10-16,22-23H,4-5,8-9,17H2/t22-,23+. The lowest BCUT2D eigenvalue weighted by molar-refractivity contribution is -0.154. The van der Waals surface area contributed by atoms with Crippen LogP contribution in [0.5, 0.6) is 5.75 Å². The van der Waals surface area contributed by atoms with Gasteiger partial charge in [0.05, 0.1) is 27.4 Å². The van der Waals surface area contributed by atoms with Crippen molar-refractivity contribution in [1.29, 1.82) is 0 Å². The average molecular weight is 579 g/mol. The summed E-state index contributed by atoms with van der Waals surface area (Å²) in [4.78, 5) is 66.0. The number of hydrogen-bond acceptors (Lipinski definition) is 6. The van der Waals surface area contributed by atoms with E-state index in [2.05, 4.69) is 0 Å². The van der Waals surface area contributed by atoms with Crippen LogP contribution >= 0.6 is 23.2 Å². The molecule has 0 aromatic heterocycles. The van der Waals surface area contributed by atoms with Gasteiger partial charge in [0.1, 0.15) is 12.3 Å². The first-order valence-corrected chi connectivity index (χ1v) is 13.6. The van der Waals surface area contributed by atoms with Crippen LogP contribution in [0, 0.1) is 11.8 Å². The van der Waals surface area contributed by atoms with E-state index in [9.17, 15) is 24.0 Å². The summed E-state index contributed by atoms with van der Waals surface area (Å²) < 4.78 is 5.36. The highest BCUT2D eigenvalue weighted by atomic mass is 35.5. The van der Waals surface area contributed by atoms with Crippen LogP contribution in [-0.4, -0.2) is 46.0 Å². The Bertz CT molecular complexity index is 1470. The molecular formula is C30H24Cl2N2O6. The molecule has 2 fully saturated rings. The number of carbonyl (C=O) groups is 5. The number of Topliss-reactive ketones (excluding diaryl/α,β-unsaturated/α-hetero) is 1. The Kier molecular flexibility index (Phi) is 8.00. The van der Waals surface area contributed by atoms with E-state index in [0.717, 1.165) is 22.9 Å². The largest absolute Gasteiger partial charge is 0.423 e. The minimum atomic E-state index is -0.735. The van der Waals surface area contributed by atoms with Gasteiger partial charge in [-0.1, -0.05) is 54.2 Å². The van der Waals surface area contributed by atoms with Gasteiger partial charge in [0.25, 0.3) is 17.7 Å². The topological polar surface area (TPSA) is 101 Å². The van der Waals surface area contributed by atoms with Crippen LogP contribution in [-0.2, 0) is 9.59 Å². The van der Waals surface area contributed by atoms with E-state index >= 15 is 0 Å². The number of ketones is 1. The van der Waals surface area contributed by atoms with Gasteiger partial charge >= 0.3 is 5.97 Å². The summed E-state index contributed by atoms with van der Waals surface area (Å²) in [6, 6.07) is 18.5. The molecule has 1 saturated carbocycles. The van der Waals surface area contributed by atoms with Crippen LogP contribution < -0.4 is 4.74 Å². The van der Waals surface area contributed by atoms with Crippen LogP contribution in [0.3, 0.4) is 0 Å². The third-order valence-electron chi connectivity index (χ3n) is 7.15. The molecule has 3 amide bonds. The van der Waals surface area contributed by atoms with E-state index in [0.29, 0.717) is 18.4 Å². The second kappa shape index (κ2) is 11.6. The molecule has 5 rings (SSSR count). The number of esters is 1. The first-order valence-electron chi connectivity index (χ1n) is 12.8. The zero-order valence-electron chi connectivity index (χ0n) is 21.2. The number of hydrazine groups is 1. The van der Waals surface area contributed by atoms with Crippen molar-refractivity contribution in [2.45, 2.75) is 25.7 Å². The van der Waals surface area contributed by atoms with Crippen LogP contribution in [0.1, 0.15) is 56.8 Å². The molecule has 0 N–H and O–H groups in total. The fourth-order valence-electron chi connectivity index (χ4n) is 5.07. The smallest absolute Gasteiger partial charge is 0.343 e. The van der Waals surface area contributed by atoms with Gasteiger partial charge < -0.3 is 4.74 Å². The Hall–Kier alpha value is -4.01. The molecule has 3 aromatic carbocycles. The third-order valence-corrected chi connectivity index (χ3v) is 7.89. The second-order valence-electron chi connectivity index (χ2n) is 9.68. The number of fused-ring (bicyclic) bond motifs is 1. The maximum atomic E-state index is 13.6. The van der Waals surface area contributed by atoms with Gasteiger partial charge in [-0.3, -0.25) is 19.2 Å². The number of hydrogen-bond donors (Lipinski definition) is 0. The number of imide groups is 1. The summed E-state index contributed by atoms with van der Waals surface area (Å²) >= 11 is 12.1. The quantitative estimate of drug-likeness (QED) is 0.156. The Morgan fingerprint density at radius 1 is 0.775 bits per heavy atom. The lowest BCUT2D eigenvalue weighted by Crippen LogP contribution is -2.52. The molecule has 2 aliphatic rings. The monoisotopic (exact) mass is 578 g/mol. The van der Waals surface area contributed by atoms with Crippen molar-refractivity contribution in [3.63, 3.8) is 0 Å². The third kappa shape index (κ3) is 5.50. The van der Waals surface area contributed by atoms with Crippen molar-refractivity contribution in [1.82, 2.24) is 10.0 Å². The predicted octanol–water partition coefficient (Wildman–Crippen LogP) is 5.63. The summed E-state index contributed by atoms with van der Waals surface area (Å²) in [5, 5.41) is 2.08. The number of amides is 3. The maximum Gasteiger partial charge on any atom is 0.343 e. The summed E-state index contributed by atoms with van der Waals surface area (Å²) in [5.74, 6) is -3.59. The van der Waals surface area contributed by atoms with Gasteiger partial charge in [-0.25, -0.2) is 9.80 Å². The molecule has 0 radical (unpaired) electrons. The molecule has 204 valence electrons. The maximum absolute atomic E-state index is 13.6. The van der Waals surface area contributed by atoms with Gasteiger partial charge in [-0.2, -0.15) is 5.01 Å². The lowest BCUT2D eigenvalue weighted by atomic mass is 9.81. The number of halogens is 2. The van der Waals surface area contributed by atoms with Gasteiger partial charge in [0, 0.05) is 11.1 Å². The lowest BCUT2D eigenvalue weighted by Gasteiger charge is -2.30. The molecular weight excluding hydrogens is 555 g/mol.